The van der Waals surface area contributed by atoms with E-state index in [0.29, 0.717) is 33.2 Å². The number of rotatable bonds is 7. The number of carbonyl (C=O) groups is 1. The number of allylic oxidation sites excluding steroid dienone is 1. The fourth-order valence-electron chi connectivity index (χ4n) is 5.24. The van der Waals surface area contributed by atoms with Gasteiger partial charge in [0.25, 0.3) is 0 Å². The molecule has 43 heavy (non-hydrogen) atoms. The topological polar surface area (TPSA) is 108 Å². The summed E-state index contributed by atoms with van der Waals surface area (Å²) in [5.41, 5.74) is 11.3. The fourth-order valence-corrected chi connectivity index (χ4v) is 5.43. The molecule has 5 aromatic rings. The minimum atomic E-state index is -0.622. The number of aryl methyl sites for hydroxylation is 2. The lowest BCUT2D eigenvalue weighted by atomic mass is 9.83. The second-order valence-electron chi connectivity index (χ2n) is 10.2. The van der Waals surface area contributed by atoms with Crippen LogP contribution in [-0.2, 0) is 13.0 Å². The number of fused-ring (bicyclic) bond motifs is 2. The Morgan fingerprint density at radius 1 is 1.02 bits per heavy atom. The lowest BCUT2D eigenvalue weighted by Gasteiger charge is -2.27. The third kappa shape index (κ3) is 5.41. The van der Waals surface area contributed by atoms with Gasteiger partial charge in [0.15, 0.2) is 0 Å². The molecule has 1 atom stereocenters. The van der Waals surface area contributed by atoms with Crippen LogP contribution in [0.25, 0.3) is 11.0 Å². The molecule has 0 spiro atoms. The molecule has 0 radical (unpaired) electrons. The van der Waals surface area contributed by atoms with Gasteiger partial charge in [-0.15, -0.1) is 0 Å². The van der Waals surface area contributed by atoms with Crippen molar-refractivity contribution in [3.63, 3.8) is 0 Å². The van der Waals surface area contributed by atoms with Gasteiger partial charge in [-0.25, -0.2) is 4.79 Å². The molecule has 0 saturated carbocycles. The van der Waals surface area contributed by atoms with Crippen molar-refractivity contribution in [3.05, 3.63) is 135 Å². The number of halogens is 1. The SMILES string of the molecule is CCc1ccc2oc(C(=O)Oc3ccc4c(c3)OC(N)=C(C#N)C4c3cccc(OCc4ccccc4Cl)c3)c(C)c2c1. The maximum Gasteiger partial charge on any atom is 0.379 e. The number of carbonyl (C=O) groups excluding carboxylic acids is 1. The summed E-state index contributed by atoms with van der Waals surface area (Å²) < 4.78 is 23.4. The fraction of sp³-hybridized carbons (Fsp3) is 0.143. The van der Waals surface area contributed by atoms with E-state index in [4.69, 9.17) is 36.0 Å². The molecule has 4 aromatic carbocycles. The van der Waals surface area contributed by atoms with Crippen molar-refractivity contribution in [2.45, 2.75) is 32.8 Å². The van der Waals surface area contributed by atoms with Crippen molar-refractivity contribution in [3.8, 4) is 23.3 Å². The molecule has 0 fully saturated rings. The zero-order chi connectivity index (χ0) is 30.1. The summed E-state index contributed by atoms with van der Waals surface area (Å²) in [6, 6.07) is 28.0. The van der Waals surface area contributed by atoms with Crippen molar-refractivity contribution in [1.29, 1.82) is 5.26 Å². The minimum absolute atomic E-state index is 0.0225. The third-order valence-corrected chi connectivity index (χ3v) is 7.91. The molecule has 1 aliphatic heterocycles. The molecule has 7 nitrogen and oxygen atoms in total. The number of ether oxygens (including phenoxy) is 3. The summed E-state index contributed by atoms with van der Waals surface area (Å²) in [5, 5.41) is 11.5. The van der Waals surface area contributed by atoms with Gasteiger partial charge in [-0.05, 0) is 60.9 Å². The van der Waals surface area contributed by atoms with Crippen molar-refractivity contribution >= 4 is 28.5 Å². The molecule has 1 aromatic heterocycles. The van der Waals surface area contributed by atoms with Crippen molar-refractivity contribution < 1.29 is 23.4 Å². The average molecular weight is 591 g/mol. The van der Waals surface area contributed by atoms with Gasteiger partial charge in [0.1, 0.15) is 41.1 Å². The summed E-state index contributed by atoms with van der Waals surface area (Å²) in [6.45, 7) is 4.20. The van der Waals surface area contributed by atoms with Crippen LogP contribution in [0.2, 0.25) is 5.02 Å². The Morgan fingerprint density at radius 3 is 2.65 bits per heavy atom. The molecule has 1 unspecified atom stereocenters. The van der Waals surface area contributed by atoms with Crippen LogP contribution in [0.15, 0.2) is 101 Å². The number of nitrogens with two attached hydrogens (primary N) is 1. The number of hydrogen-bond acceptors (Lipinski definition) is 7. The first-order valence-corrected chi connectivity index (χ1v) is 14.2. The largest absolute Gasteiger partial charge is 0.489 e. The number of esters is 1. The molecular formula is C35H27ClN2O5. The van der Waals surface area contributed by atoms with Gasteiger partial charge in [0, 0.05) is 33.2 Å². The number of nitrogens with zero attached hydrogens (tertiary/aromatic N) is 1. The van der Waals surface area contributed by atoms with Gasteiger partial charge in [0.2, 0.25) is 11.6 Å². The molecule has 0 bridgehead atoms. The van der Waals surface area contributed by atoms with Gasteiger partial charge in [-0.3, -0.25) is 0 Å². The van der Waals surface area contributed by atoms with Crippen LogP contribution < -0.4 is 19.9 Å². The minimum Gasteiger partial charge on any atom is -0.489 e. The number of benzene rings is 4. The van der Waals surface area contributed by atoms with E-state index in [1.165, 1.54) is 0 Å². The Bertz CT molecular complexity index is 1950. The second-order valence-corrected chi connectivity index (χ2v) is 10.6. The van der Waals surface area contributed by atoms with Gasteiger partial charge in [0.05, 0.1) is 5.92 Å². The van der Waals surface area contributed by atoms with E-state index in [-0.39, 0.29) is 29.6 Å². The van der Waals surface area contributed by atoms with Crippen molar-refractivity contribution in [2.75, 3.05) is 0 Å². The summed E-state index contributed by atoms with van der Waals surface area (Å²) >= 11 is 6.28. The Balaban J connectivity index is 1.28. The maximum absolute atomic E-state index is 13.1. The van der Waals surface area contributed by atoms with E-state index in [0.717, 1.165) is 28.5 Å². The Kier molecular flexibility index (Phi) is 7.54. The van der Waals surface area contributed by atoms with E-state index < -0.39 is 11.9 Å². The Hall–Kier alpha value is -5.19. The predicted molar refractivity (Wildman–Crippen MR) is 163 cm³/mol. The number of furan rings is 1. The quantitative estimate of drug-likeness (QED) is 0.151. The van der Waals surface area contributed by atoms with Crippen molar-refractivity contribution in [2.24, 2.45) is 5.73 Å². The monoisotopic (exact) mass is 590 g/mol. The summed E-state index contributed by atoms with van der Waals surface area (Å²) in [4.78, 5) is 13.1. The normalized spacial score (nSPS) is 14.1. The average Bonchev–Trinajstić information content (AvgIpc) is 3.35. The molecule has 0 amide bonds. The first-order valence-electron chi connectivity index (χ1n) is 13.8. The first kappa shape index (κ1) is 28.0. The third-order valence-electron chi connectivity index (χ3n) is 7.54. The van der Waals surface area contributed by atoms with Crippen molar-refractivity contribution in [1.82, 2.24) is 0 Å². The summed E-state index contributed by atoms with van der Waals surface area (Å²) in [6.07, 6.45) is 0.876. The van der Waals surface area contributed by atoms with Crippen LogP contribution in [0.3, 0.4) is 0 Å². The van der Waals surface area contributed by atoms with E-state index >= 15 is 0 Å². The van der Waals surface area contributed by atoms with Gasteiger partial charge in [-0.2, -0.15) is 5.26 Å². The molecule has 1 aliphatic rings. The van der Waals surface area contributed by atoms with E-state index in [9.17, 15) is 10.1 Å². The van der Waals surface area contributed by atoms with Crippen LogP contribution in [0.1, 0.15) is 51.2 Å². The molecule has 0 saturated heterocycles. The first-order chi connectivity index (χ1) is 20.9. The zero-order valence-corrected chi connectivity index (χ0v) is 24.3. The Morgan fingerprint density at radius 2 is 1.86 bits per heavy atom. The van der Waals surface area contributed by atoms with Crippen LogP contribution in [0.4, 0.5) is 0 Å². The molecule has 214 valence electrons. The smallest absolute Gasteiger partial charge is 0.379 e. The van der Waals surface area contributed by atoms with Crippen LogP contribution in [-0.4, -0.2) is 5.97 Å². The van der Waals surface area contributed by atoms with E-state index in [1.807, 2.05) is 73.7 Å². The lowest BCUT2D eigenvalue weighted by Crippen LogP contribution is -2.21. The molecular weight excluding hydrogens is 564 g/mol. The van der Waals surface area contributed by atoms with Gasteiger partial charge in [-0.1, -0.05) is 61.0 Å². The van der Waals surface area contributed by atoms with Gasteiger partial charge < -0.3 is 24.4 Å². The standard InChI is InChI=1S/C35H27ClN2O5/c1-3-21-11-14-30-27(15-21)20(2)33(42-30)35(39)41-25-12-13-26-31(17-25)43-34(38)28(18-37)32(26)22-8-6-9-24(16-22)40-19-23-7-4-5-10-29(23)36/h4-17,32H,3,19,38H2,1-2H3. The zero-order valence-electron chi connectivity index (χ0n) is 23.5. The van der Waals surface area contributed by atoms with Crippen LogP contribution in [0, 0.1) is 18.3 Å². The molecule has 8 heteroatoms. The highest BCUT2D eigenvalue weighted by atomic mass is 35.5. The van der Waals surface area contributed by atoms with Gasteiger partial charge >= 0.3 is 5.97 Å². The van der Waals surface area contributed by atoms with E-state index in [1.54, 1.807) is 18.2 Å². The Labute approximate surface area is 253 Å². The molecule has 2 heterocycles. The number of nitriles is 1. The van der Waals surface area contributed by atoms with E-state index in [2.05, 4.69) is 13.0 Å². The van der Waals surface area contributed by atoms with Crippen LogP contribution in [0.5, 0.6) is 17.2 Å². The van der Waals surface area contributed by atoms with Crippen LogP contribution >= 0.6 is 11.6 Å². The highest BCUT2D eigenvalue weighted by molar-refractivity contribution is 6.31. The lowest BCUT2D eigenvalue weighted by molar-refractivity contribution is 0.0702. The second kappa shape index (κ2) is 11.6. The molecule has 2 N–H and O–H groups in total. The molecule has 6 rings (SSSR count). The summed E-state index contributed by atoms with van der Waals surface area (Å²) in [7, 11) is 0. The highest BCUT2D eigenvalue weighted by Crippen LogP contribution is 2.44. The molecule has 0 aliphatic carbocycles. The predicted octanol–water partition coefficient (Wildman–Crippen LogP) is 7.97. The maximum atomic E-state index is 13.1. The summed E-state index contributed by atoms with van der Waals surface area (Å²) in [5.74, 6) is 0.213. The highest BCUT2D eigenvalue weighted by Gasteiger charge is 2.31. The number of hydrogen-bond donors (Lipinski definition) is 1.